The first-order valence-electron chi connectivity index (χ1n) is 9.13. The molecule has 140 valence electrons. The Morgan fingerprint density at radius 3 is 2.73 bits per heavy atom. The highest BCUT2D eigenvalue weighted by Crippen LogP contribution is 2.45. The van der Waals surface area contributed by atoms with Gasteiger partial charge in [0.15, 0.2) is 0 Å². The van der Waals surface area contributed by atoms with Crippen molar-refractivity contribution in [2.45, 2.75) is 24.9 Å². The number of fused-ring (bicyclic) bond motifs is 2. The van der Waals surface area contributed by atoms with Gasteiger partial charge in [0.2, 0.25) is 5.91 Å². The molecule has 3 aliphatic rings. The van der Waals surface area contributed by atoms with Gasteiger partial charge in [0.05, 0.1) is 20.3 Å². The highest BCUT2D eigenvalue weighted by atomic mass is 16.6. The highest BCUT2D eigenvalue weighted by Gasteiger charge is 2.43. The van der Waals surface area contributed by atoms with Crippen LogP contribution >= 0.6 is 0 Å². The van der Waals surface area contributed by atoms with E-state index in [-0.39, 0.29) is 18.1 Å². The second kappa shape index (κ2) is 6.79. The summed E-state index contributed by atoms with van der Waals surface area (Å²) in [6, 6.07) is 6.13. The number of likely N-dealkylation sites (tertiary alicyclic amines) is 1. The molecule has 0 atom stereocenters. The quantitative estimate of drug-likeness (QED) is 0.818. The highest BCUT2D eigenvalue weighted by molar-refractivity contribution is 5.83. The van der Waals surface area contributed by atoms with Crippen LogP contribution in [0.1, 0.15) is 24.0 Å². The topological polar surface area (TPSA) is 68.3 Å². The van der Waals surface area contributed by atoms with Crippen LogP contribution in [0, 0.1) is 0 Å². The van der Waals surface area contributed by atoms with Crippen LogP contribution in [-0.4, -0.2) is 68.3 Å². The molecule has 7 heteroatoms. The predicted octanol–water partition coefficient (Wildman–Crippen LogP) is 1.54. The lowest BCUT2D eigenvalue weighted by atomic mass is 9.78. The van der Waals surface area contributed by atoms with Crippen LogP contribution in [0.5, 0.6) is 5.75 Å². The molecule has 0 bridgehead atoms. The molecule has 1 aromatic carbocycles. The van der Waals surface area contributed by atoms with E-state index in [0.29, 0.717) is 32.8 Å². The molecular formula is C19H24N2O5. The van der Waals surface area contributed by atoms with Gasteiger partial charge in [-0.2, -0.15) is 0 Å². The molecule has 0 aliphatic carbocycles. The van der Waals surface area contributed by atoms with Gasteiger partial charge in [-0.15, -0.1) is 0 Å². The lowest BCUT2D eigenvalue weighted by Gasteiger charge is -2.45. The van der Waals surface area contributed by atoms with E-state index in [1.54, 1.807) is 7.11 Å². The molecule has 0 unspecified atom stereocenters. The minimum Gasteiger partial charge on any atom is -0.496 e. The van der Waals surface area contributed by atoms with Crippen LogP contribution in [0.3, 0.4) is 0 Å². The van der Waals surface area contributed by atoms with Crippen molar-refractivity contribution in [3.05, 3.63) is 29.3 Å². The normalized spacial score (nSPS) is 21.5. The molecule has 3 aliphatic heterocycles. The van der Waals surface area contributed by atoms with Gasteiger partial charge in [-0.3, -0.25) is 9.69 Å². The van der Waals surface area contributed by atoms with Crippen LogP contribution in [0.2, 0.25) is 0 Å². The van der Waals surface area contributed by atoms with Gasteiger partial charge in [0.25, 0.3) is 0 Å². The first kappa shape index (κ1) is 17.1. The van der Waals surface area contributed by atoms with Gasteiger partial charge in [-0.25, -0.2) is 4.79 Å². The van der Waals surface area contributed by atoms with E-state index in [4.69, 9.17) is 14.2 Å². The number of amides is 2. The number of cyclic esters (lactones) is 1. The zero-order valence-electron chi connectivity index (χ0n) is 15.0. The number of rotatable bonds is 3. The second-order valence-corrected chi connectivity index (χ2v) is 7.00. The number of carbonyl (C=O) groups is 2. The number of piperidine rings is 1. The maximum absolute atomic E-state index is 12.6. The molecule has 1 spiro atoms. The Morgan fingerprint density at radius 2 is 2.04 bits per heavy atom. The number of hydrogen-bond donors (Lipinski definition) is 0. The molecule has 2 fully saturated rings. The summed E-state index contributed by atoms with van der Waals surface area (Å²) in [6.07, 6.45) is 1.95. The van der Waals surface area contributed by atoms with Gasteiger partial charge < -0.3 is 19.1 Å². The Hall–Kier alpha value is -2.28. The van der Waals surface area contributed by atoms with Crippen LogP contribution in [0.15, 0.2) is 18.2 Å². The summed E-state index contributed by atoms with van der Waals surface area (Å²) >= 11 is 0. The number of carbonyl (C=O) groups excluding carboxylic acids is 2. The Balaban J connectivity index is 1.47. The molecule has 1 aromatic rings. The standard InChI is InChI=1S/C19H24N2O5/c1-24-15-4-2-3-14-5-11-26-19(17(14)15)6-8-20(9-7-19)16(22)13-21-10-12-25-18(21)23/h2-4H,5-13H2,1H3. The molecule has 0 saturated carbocycles. The third kappa shape index (κ3) is 2.90. The van der Waals surface area contributed by atoms with Crippen molar-refractivity contribution in [2.24, 2.45) is 0 Å². The molecule has 7 nitrogen and oxygen atoms in total. The van der Waals surface area contributed by atoms with E-state index >= 15 is 0 Å². The lowest BCUT2D eigenvalue weighted by molar-refractivity contribution is -0.141. The average Bonchev–Trinajstić information content (AvgIpc) is 3.06. The van der Waals surface area contributed by atoms with Crippen LogP contribution < -0.4 is 4.74 Å². The Labute approximate surface area is 152 Å². The van der Waals surface area contributed by atoms with Gasteiger partial charge in [-0.1, -0.05) is 12.1 Å². The van der Waals surface area contributed by atoms with E-state index in [9.17, 15) is 9.59 Å². The van der Waals surface area contributed by atoms with E-state index in [0.717, 1.165) is 30.6 Å². The molecule has 2 amide bonds. The smallest absolute Gasteiger partial charge is 0.410 e. The lowest BCUT2D eigenvalue weighted by Crippen LogP contribution is -2.50. The Bertz CT molecular complexity index is 698. The minimum absolute atomic E-state index is 0.0326. The van der Waals surface area contributed by atoms with Crippen molar-refractivity contribution in [3.8, 4) is 5.75 Å². The van der Waals surface area contributed by atoms with Crippen LogP contribution in [0.4, 0.5) is 4.79 Å². The fourth-order valence-corrected chi connectivity index (χ4v) is 4.24. The molecule has 2 saturated heterocycles. The first-order chi connectivity index (χ1) is 12.6. The molecule has 4 rings (SSSR count). The van der Waals surface area contributed by atoms with Crippen molar-refractivity contribution in [2.75, 3.05) is 46.5 Å². The zero-order valence-corrected chi connectivity index (χ0v) is 15.0. The third-order valence-electron chi connectivity index (χ3n) is 5.63. The summed E-state index contributed by atoms with van der Waals surface area (Å²) in [7, 11) is 1.69. The van der Waals surface area contributed by atoms with Gasteiger partial charge in [-0.05, 0) is 30.9 Å². The number of nitrogens with zero attached hydrogens (tertiary/aromatic N) is 2. The third-order valence-corrected chi connectivity index (χ3v) is 5.63. The zero-order chi connectivity index (χ0) is 18.1. The van der Waals surface area contributed by atoms with Gasteiger partial charge in [0, 0.05) is 18.7 Å². The van der Waals surface area contributed by atoms with Crippen molar-refractivity contribution >= 4 is 12.0 Å². The van der Waals surface area contributed by atoms with E-state index in [1.807, 2.05) is 17.0 Å². The molecule has 0 N–H and O–H groups in total. The Kier molecular flexibility index (Phi) is 4.48. The molecule has 3 heterocycles. The monoisotopic (exact) mass is 360 g/mol. The fourth-order valence-electron chi connectivity index (χ4n) is 4.24. The molecule has 0 radical (unpaired) electrons. The number of methoxy groups -OCH3 is 1. The maximum atomic E-state index is 12.6. The number of benzene rings is 1. The second-order valence-electron chi connectivity index (χ2n) is 7.00. The van der Waals surface area contributed by atoms with Gasteiger partial charge >= 0.3 is 6.09 Å². The Morgan fingerprint density at radius 1 is 1.23 bits per heavy atom. The van der Waals surface area contributed by atoms with Crippen LogP contribution in [0.25, 0.3) is 0 Å². The average molecular weight is 360 g/mol. The van der Waals surface area contributed by atoms with Crippen molar-refractivity contribution in [1.29, 1.82) is 0 Å². The number of hydrogen-bond acceptors (Lipinski definition) is 5. The van der Waals surface area contributed by atoms with E-state index < -0.39 is 6.09 Å². The summed E-state index contributed by atoms with van der Waals surface area (Å²) < 4.78 is 16.7. The van der Waals surface area contributed by atoms with E-state index in [2.05, 4.69) is 6.07 Å². The largest absolute Gasteiger partial charge is 0.496 e. The predicted molar refractivity (Wildman–Crippen MR) is 93.1 cm³/mol. The summed E-state index contributed by atoms with van der Waals surface area (Å²) in [5.41, 5.74) is 2.03. The molecule has 0 aromatic heterocycles. The summed E-state index contributed by atoms with van der Waals surface area (Å²) in [6.45, 7) is 2.84. The van der Waals surface area contributed by atoms with E-state index in [1.165, 1.54) is 10.5 Å². The summed E-state index contributed by atoms with van der Waals surface area (Å²) in [5.74, 6) is 0.830. The minimum atomic E-state index is -0.402. The van der Waals surface area contributed by atoms with Crippen LogP contribution in [-0.2, 0) is 26.3 Å². The van der Waals surface area contributed by atoms with Gasteiger partial charge in [0.1, 0.15) is 24.5 Å². The van der Waals surface area contributed by atoms with Crippen molar-refractivity contribution in [3.63, 3.8) is 0 Å². The van der Waals surface area contributed by atoms with Crippen molar-refractivity contribution in [1.82, 2.24) is 9.80 Å². The number of ether oxygens (including phenoxy) is 3. The fraction of sp³-hybridized carbons (Fsp3) is 0.579. The summed E-state index contributed by atoms with van der Waals surface area (Å²) in [5, 5.41) is 0. The van der Waals surface area contributed by atoms with Crippen molar-refractivity contribution < 1.29 is 23.8 Å². The maximum Gasteiger partial charge on any atom is 0.410 e. The summed E-state index contributed by atoms with van der Waals surface area (Å²) in [4.78, 5) is 27.4. The molecular weight excluding hydrogens is 336 g/mol. The first-order valence-corrected chi connectivity index (χ1v) is 9.13. The molecule has 26 heavy (non-hydrogen) atoms. The SMILES string of the molecule is COc1cccc2c1C1(CCN(C(=O)CN3CCOC3=O)CC1)OCC2.